The summed E-state index contributed by atoms with van der Waals surface area (Å²) in [6, 6.07) is 6.19. The Bertz CT molecular complexity index is 550. The minimum atomic E-state index is 0.231. The van der Waals surface area contributed by atoms with E-state index < -0.39 is 0 Å². The average Bonchev–Trinajstić information content (AvgIpc) is 2.75. The molecule has 1 aliphatic rings. The second-order valence-corrected chi connectivity index (χ2v) is 5.33. The zero-order chi connectivity index (χ0) is 11.8. The van der Waals surface area contributed by atoms with Gasteiger partial charge < -0.3 is 10.1 Å². The van der Waals surface area contributed by atoms with Crippen LogP contribution in [0.15, 0.2) is 23.6 Å². The SMILES string of the molecule is Cc1nc(-c2ccc3c(c2)NCC(C)O3)cs1. The lowest BCUT2D eigenvalue weighted by Gasteiger charge is -2.25. The molecule has 1 N–H and O–H groups in total. The second-order valence-electron chi connectivity index (χ2n) is 4.27. The maximum absolute atomic E-state index is 5.75. The summed E-state index contributed by atoms with van der Waals surface area (Å²) in [5.41, 5.74) is 3.24. The Kier molecular flexibility index (Phi) is 2.52. The van der Waals surface area contributed by atoms with Crippen LogP contribution >= 0.6 is 11.3 Å². The van der Waals surface area contributed by atoms with E-state index in [0.717, 1.165) is 34.2 Å². The van der Waals surface area contributed by atoms with E-state index in [0.29, 0.717) is 0 Å². The lowest BCUT2D eigenvalue weighted by atomic mass is 10.1. The molecular weight excluding hydrogens is 232 g/mol. The van der Waals surface area contributed by atoms with E-state index >= 15 is 0 Å². The Balaban J connectivity index is 1.98. The molecule has 17 heavy (non-hydrogen) atoms. The third-order valence-corrected chi connectivity index (χ3v) is 3.58. The predicted molar refractivity (Wildman–Crippen MR) is 70.9 cm³/mol. The molecule has 88 valence electrons. The number of rotatable bonds is 1. The van der Waals surface area contributed by atoms with E-state index in [1.807, 2.05) is 13.0 Å². The highest BCUT2D eigenvalue weighted by molar-refractivity contribution is 7.09. The Labute approximate surface area is 104 Å². The minimum Gasteiger partial charge on any atom is -0.487 e. The molecule has 4 heteroatoms. The number of benzene rings is 1. The molecule has 1 aromatic heterocycles. The van der Waals surface area contributed by atoms with Crippen LogP contribution in [0.3, 0.4) is 0 Å². The first-order valence-corrected chi connectivity index (χ1v) is 6.57. The molecule has 0 aliphatic carbocycles. The maximum atomic E-state index is 5.75. The van der Waals surface area contributed by atoms with Gasteiger partial charge in [0.2, 0.25) is 0 Å². The lowest BCUT2D eigenvalue weighted by Crippen LogP contribution is -2.27. The van der Waals surface area contributed by atoms with Gasteiger partial charge in [-0.1, -0.05) is 0 Å². The zero-order valence-corrected chi connectivity index (χ0v) is 10.7. The minimum absolute atomic E-state index is 0.231. The van der Waals surface area contributed by atoms with Gasteiger partial charge >= 0.3 is 0 Å². The van der Waals surface area contributed by atoms with Gasteiger partial charge in [-0.3, -0.25) is 0 Å². The zero-order valence-electron chi connectivity index (χ0n) is 9.86. The van der Waals surface area contributed by atoms with Crippen molar-refractivity contribution in [1.82, 2.24) is 4.98 Å². The maximum Gasteiger partial charge on any atom is 0.142 e. The fraction of sp³-hybridized carbons (Fsp3) is 0.308. The van der Waals surface area contributed by atoms with Gasteiger partial charge in [0.15, 0.2) is 0 Å². The molecule has 0 fully saturated rings. The van der Waals surface area contributed by atoms with Crippen LogP contribution in [-0.4, -0.2) is 17.6 Å². The molecule has 0 amide bonds. The van der Waals surface area contributed by atoms with E-state index in [2.05, 4.69) is 34.7 Å². The topological polar surface area (TPSA) is 34.2 Å². The van der Waals surface area contributed by atoms with Crippen LogP contribution in [0.1, 0.15) is 11.9 Å². The Morgan fingerprint density at radius 1 is 1.47 bits per heavy atom. The summed E-state index contributed by atoms with van der Waals surface area (Å²) < 4.78 is 5.75. The summed E-state index contributed by atoms with van der Waals surface area (Å²) in [4.78, 5) is 4.49. The third-order valence-electron chi connectivity index (χ3n) is 2.80. The molecule has 0 saturated carbocycles. The summed E-state index contributed by atoms with van der Waals surface area (Å²) >= 11 is 1.67. The molecule has 0 bridgehead atoms. The summed E-state index contributed by atoms with van der Waals surface area (Å²) in [6.45, 7) is 4.94. The quantitative estimate of drug-likeness (QED) is 0.838. The normalized spacial score (nSPS) is 18.1. The van der Waals surface area contributed by atoms with Crippen LogP contribution in [0.4, 0.5) is 5.69 Å². The summed E-state index contributed by atoms with van der Waals surface area (Å²) in [6.07, 6.45) is 0.231. The number of thiazole rings is 1. The van der Waals surface area contributed by atoms with Crippen molar-refractivity contribution in [1.29, 1.82) is 0 Å². The number of anilines is 1. The highest BCUT2D eigenvalue weighted by Crippen LogP contribution is 2.33. The van der Waals surface area contributed by atoms with Crippen molar-refractivity contribution in [2.75, 3.05) is 11.9 Å². The van der Waals surface area contributed by atoms with Gasteiger partial charge in [0.1, 0.15) is 11.9 Å². The van der Waals surface area contributed by atoms with E-state index in [1.165, 1.54) is 0 Å². The first kappa shape index (κ1) is 10.6. The Hall–Kier alpha value is -1.55. The molecule has 1 aromatic carbocycles. The number of hydrogen-bond donors (Lipinski definition) is 1. The molecule has 0 saturated heterocycles. The van der Waals surface area contributed by atoms with Gasteiger partial charge in [-0.15, -0.1) is 11.3 Å². The van der Waals surface area contributed by atoms with Crippen molar-refractivity contribution in [3.8, 4) is 17.0 Å². The van der Waals surface area contributed by atoms with E-state index in [1.54, 1.807) is 11.3 Å². The first-order chi connectivity index (χ1) is 8.22. The summed E-state index contributed by atoms with van der Waals surface area (Å²) in [5, 5.41) is 6.56. The highest BCUT2D eigenvalue weighted by Gasteiger charge is 2.16. The number of nitrogens with zero attached hydrogens (tertiary/aromatic N) is 1. The molecule has 1 atom stereocenters. The van der Waals surface area contributed by atoms with Gasteiger partial charge in [-0.2, -0.15) is 0 Å². The van der Waals surface area contributed by atoms with Crippen molar-refractivity contribution in [3.63, 3.8) is 0 Å². The first-order valence-electron chi connectivity index (χ1n) is 5.69. The van der Waals surface area contributed by atoms with Crippen molar-refractivity contribution < 1.29 is 4.74 Å². The second kappa shape index (κ2) is 4.04. The molecule has 1 aliphatic heterocycles. The molecular formula is C13H14N2OS. The molecule has 2 heterocycles. The van der Waals surface area contributed by atoms with Crippen LogP contribution in [0.25, 0.3) is 11.3 Å². The van der Waals surface area contributed by atoms with Crippen molar-refractivity contribution >= 4 is 17.0 Å². The fourth-order valence-corrected chi connectivity index (χ4v) is 2.56. The fourth-order valence-electron chi connectivity index (χ4n) is 1.94. The highest BCUT2D eigenvalue weighted by atomic mass is 32.1. The number of ether oxygens (including phenoxy) is 1. The molecule has 3 nitrogen and oxygen atoms in total. The van der Waals surface area contributed by atoms with E-state index in [9.17, 15) is 0 Å². The van der Waals surface area contributed by atoms with E-state index in [-0.39, 0.29) is 6.10 Å². The van der Waals surface area contributed by atoms with Crippen LogP contribution in [0.2, 0.25) is 0 Å². The molecule has 0 spiro atoms. The number of aromatic nitrogens is 1. The van der Waals surface area contributed by atoms with Crippen LogP contribution in [0, 0.1) is 6.92 Å². The van der Waals surface area contributed by atoms with Gasteiger partial charge in [0.05, 0.1) is 22.9 Å². The largest absolute Gasteiger partial charge is 0.487 e. The van der Waals surface area contributed by atoms with Gasteiger partial charge in [-0.25, -0.2) is 4.98 Å². The summed E-state index contributed by atoms with van der Waals surface area (Å²) in [7, 11) is 0. The monoisotopic (exact) mass is 246 g/mol. The van der Waals surface area contributed by atoms with Gasteiger partial charge in [0, 0.05) is 10.9 Å². The van der Waals surface area contributed by atoms with Crippen molar-refractivity contribution in [2.24, 2.45) is 0 Å². The molecule has 2 aromatic rings. The lowest BCUT2D eigenvalue weighted by molar-refractivity contribution is 0.226. The number of nitrogens with one attached hydrogen (secondary N) is 1. The van der Waals surface area contributed by atoms with Gasteiger partial charge in [-0.05, 0) is 32.0 Å². The van der Waals surface area contributed by atoms with Gasteiger partial charge in [0.25, 0.3) is 0 Å². The Morgan fingerprint density at radius 3 is 3.12 bits per heavy atom. The molecule has 3 rings (SSSR count). The summed E-state index contributed by atoms with van der Waals surface area (Å²) in [5.74, 6) is 0.930. The number of fused-ring (bicyclic) bond motifs is 1. The van der Waals surface area contributed by atoms with Crippen molar-refractivity contribution in [2.45, 2.75) is 20.0 Å². The average molecular weight is 246 g/mol. The number of aryl methyl sites for hydroxylation is 1. The number of hydrogen-bond acceptors (Lipinski definition) is 4. The predicted octanol–water partition coefficient (Wildman–Crippen LogP) is 3.31. The van der Waals surface area contributed by atoms with Crippen LogP contribution < -0.4 is 10.1 Å². The van der Waals surface area contributed by atoms with Crippen LogP contribution in [-0.2, 0) is 0 Å². The molecule has 0 radical (unpaired) electrons. The smallest absolute Gasteiger partial charge is 0.142 e. The third kappa shape index (κ3) is 2.00. The molecule has 1 unspecified atom stereocenters. The standard InChI is InChI=1S/C13H14N2OS/c1-8-6-14-11-5-10(3-4-13(11)16-8)12-7-17-9(2)15-12/h3-5,7-8,14H,6H2,1-2H3. The van der Waals surface area contributed by atoms with E-state index in [4.69, 9.17) is 4.74 Å². The Morgan fingerprint density at radius 2 is 2.35 bits per heavy atom. The van der Waals surface area contributed by atoms with Crippen molar-refractivity contribution in [3.05, 3.63) is 28.6 Å². The van der Waals surface area contributed by atoms with Crippen LogP contribution in [0.5, 0.6) is 5.75 Å².